The minimum atomic E-state index is -0.254. The number of benzene rings is 1. The van der Waals surface area contributed by atoms with Gasteiger partial charge in [-0.25, -0.2) is 4.98 Å². The number of nitrogens with one attached hydrogen (secondary N) is 2. The molecule has 0 spiro atoms. The first-order valence-corrected chi connectivity index (χ1v) is 7.30. The van der Waals surface area contributed by atoms with E-state index in [0.29, 0.717) is 22.3 Å². The highest BCUT2D eigenvalue weighted by atomic mass is 32.2. The van der Waals surface area contributed by atoms with Gasteiger partial charge in [0.05, 0.1) is 20.0 Å². The average molecular weight is 321 g/mol. The molecule has 22 heavy (non-hydrogen) atoms. The van der Waals surface area contributed by atoms with Gasteiger partial charge in [-0.1, -0.05) is 11.8 Å². The van der Waals surface area contributed by atoms with E-state index in [4.69, 9.17) is 9.47 Å². The molecule has 8 heteroatoms. The van der Waals surface area contributed by atoms with Crippen LogP contribution in [0.3, 0.4) is 0 Å². The standard InChI is InChI=1S/C14H15N3O4S/c1-20-10-5-9(6-11(7-10)21-2)16-13(19)8-22-14-15-4-3-12(18)17-14/h3-7H,8H2,1-2H3,(H,16,19)(H,15,17,18). The van der Waals surface area contributed by atoms with Gasteiger partial charge in [0.1, 0.15) is 11.5 Å². The lowest BCUT2D eigenvalue weighted by Gasteiger charge is -2.09. The van der Waals surface area contributed by atoms with Crippen LogP contribution in [0.25, 0.3) is 0 Å². The largest absolute Gasteiger partial charge is 0.497 e. The molecule has 1 aromatic carbocycles. The van der Waals surface area contributed by atoms with Crippen molar-refractivity contribution in [2.75, 3.05) is 25.3 Å². The quantitative estimate of drug-likeness (QED) is 0.619. The molecule has 0 saturated carbocycles. The van der Waals surface area contributed by atoms with E-state index >= 15 is 0 Å². The lowest BCUT2D eigenvalue weighted by Crippen LogP contribution is -2.15. The van der Waals surface area contributed by atoms with Crippen molar-refractivity contribution in [3.05, 3.63) is 40.8 Å². The molecule has 0 aliphatic carbocycles. The SMILES string of the molecule is COc1cc(NC(=O)CSc2nccc(=O)[nH]2)cc(OC)c1. The van der Waals surface area contributed by atoms with Gasteiger partial charge in [-0.15, -0.1) is 0 Å². The minimum absolute atomic E-state index is 0.118. The highest BCUT2D eigenvalue weighted by Crippen LogP contribution is 2.26. The Morgan fingerprint density at radius 1 is 1.27 bits per heavy atom. The van der Waals surface area contributed by atoms with Crippen molar-refractivity contribution in [1.82, 2.24) is 9.97 Å². The number of amides is 1. The van der Waals surface area contributed by atoms with E-state index in [2.05, 4.69) is 15.3 Å². The summed E-state index contributed by atoms with van der Waals surface area (Å²) in [4.78, 5) is 29.6. The summed E-state index contributed by atoms with van der Waals surface area (Å²) in [7, 11) is 3.07. The lowest BCUT2D eigenvalue weighted by molar-refractivity contribution is -0.113. The second-order valence-electron chi connectivity index (χ2n) is 4.18. The second-order valence-corrected chi connectivity index (χ2v) is 5.14. The Hall–Kier alpha value is -2.48. The van der Waals surface area contributed by atoms with Crippen LogP contribution in [0.15, 0.2) is 40.4 Å². The number of thioether (sulfide) groups is 1. The van der Waals surface area contributed by atoms with E-state index in [0.717, 1.165) is 11.8 Å². The third-order valence-corrected chi connectivity index (χ3v) is 3.51. The van der Waals surface area contributed by atoms with Crippen molar-refractivity contribution >= 4 is 23.4 Å². The monoisotopic (exact) mass is 321 g/mol. The number of carbonyl (C=O) groups excluding carboxylic acids is 1. The number of nitrogens with zero attached hydrogens (tertiary/aromatic N) is 1. The molecule has 1 heterocycles. The van der Waals surface area contributed by atoms with E-state index < -0.39 is 0 Å². The smallest absolute Gasteiger partial charge is 0.251 e. The highest BCUT2D eigenvalue weighted by Gasteiger charge is 2.07. The summed E-state index contributed by atoms with van der Waals surface area (Å²) < 4.78 is 10.3. The van der Waals surface area contributed by atoms with Crippen LogP contribution in [-0.4, -0.2) is 35.8 Å². The van der Waals surface area contributed by atoms with Gasteiger partial charge in [-0.05, 0) is 0 Å². The fraction of sp³-hybridized carbons (Fsp3) is 0.214. The Labute approximate surface area is 131 Å². The Balaban J connectivity index is 1.98. The number of carbonyl (C=O) groups is 1. The fourth-order valence-corrected chi connectivity index (χ4v) is 2.28. The molecule has 0 bridgehead atoms. The number of ether oxygens (including phenoxy) is 2. The van der Waals surface area contributed by atoms with Crippen molar-refractivity contribution in [1.29, 1.82) is 0 Å². The Bertz CT molecular complexity index is 695. The molecule has 0 fully saturated rings. The number of anilines is 1. The summed E-state index contributed by atoms with van der Waals surface area (Å²) in [6.45, 7) is 0. The molecule has 116 valence electrons. The third kappa shape index (κ3) is 4.52. The molecule has 0 saturated heterocycles. The molecule has 2 aromatic rings. The first-order chi connectivity index (χ1) is 10.6. The summed E-state index contributed by atoms with van der Waals surface area (Å²) in [6.07, 6.45) is 1.39. The summed E-state index contributed by atoms with van der Waals surface area (Å²) in [5.41, 5.74) is 0.312. The molecular weight excluding hydrogens is 306 g/mol. The van der Waals surface area contributed by atoms with Gasteiger partial charge in [0.25, 0.3) is 5.56 Å². The predicted molar refractivity (Wildman–Crippen MR) is 83.8 cm³/mol. The molecule has 1 amide bonds. The van der Waals surface area contributed by atoms with Gasteiger partial charge in [-0.2, -0.15) is 0 Å². The summed E-state index contributed by atoms with van der Waals surface area (Å²) in [6, 6.07) is 6.40. The van der Waals surface area contributed by atoms with Crippen LogP contribution in [-0.2, 0) is 4.79 Å². The van der Waals surface area contributed by atoms with Crippen molar-refractivity contribution in [3.63, 3.8) is 0 Å². The number of methoxy groups -OCH3 is 2. The van der Waals surface area contributed by atoms with E-state index in [9.17, 15) is 9.59 Å². The Morgan fingerprint density at radius 2 is 1.95 bits per heavy atom. The third-order valence-electron chi connectivity index (χ3n) is 2.62. The maximum atomic E-state index is 11.9. The number of aromatic amines is 1. The van der Waals surface area contributed by atoms with Crippen LogP contribution in [0, 0.1) is 0 Å². The van der Waals surface area contributed by atoms with Crippen LogP contribution < -0.4 is 20.3 Å². The van der Waals surface area contributed by atoms with Crippen LogP contribution >= 0.6 is 11.8 Å². The van der Waals surface area contributed by atoms with Crippen molar-refractivity contribution < 1.29 is 14.3 Å². The molecule has 0 aliphatic rings. The van der Waals surface area contributed by atoms with Crippen LogP contribution in [0.5, 0.6) is 11.5 Å². The number of hydrogen-bond donors (Lipinski definition) is 2. The van der Waals surface area contributed by atoms with Crippen LogP contribution in [0.4, 0.5) is 5.69 Å². The Kier molecular flexibility index (Phi) is 5.42. The molecule has 2 N–H and O–H groups in total. The molecule has 1 aromatic heterocycles. The second kappa shape index (κ2) is 7.51. The van der Waals surface area contributed by atoms with Gasteiger partial charge >= 0.3 is 0 Å². The van der Waals surface area contributed by atoms with Gasteiger partial charge in [0.2, 0.25) is 5.91 Å². The van der Waals surface area contributed by atoms with Crippen molar-refractivity contribution in [3.8, 4) is 11.5 Å². The topological polar surface area (TPSA) is 93.3 Å². The highest BCUT2D eigenvalue weighted by molar-refractivity contribution is 7.99. The van der Waals surface area contributed by atoms with E-state index in [1.165, 1.54) is 26.5 Å². The van der Waals surface area contributed by atoms with Gasteiger partial charge in [0, 0.05) is 36.1 Å². The number of aromatic nitrogens is 2. The molecule has 7 nitrogen and oxygen atoms in total. The summed E-state index contributed by atoms with van der Waals surface area (Å²) >= 11 is 1.14. The zero-order chi connectivity index (χ0) is 15.9. The number of H-pyrrole nitrogens is 1. The maximum absolute atomic E-state index is 11.9. The molecular formula is C14H15N3O4S. The van der Waals surface area contributed by atoms with E-state index in [-0.39, 0.29) is 17.2 Å². The minimum Gasteiger partial charge on any atom is -0.497 e. The molecule has 0 atom stereocenters. The zero-order valence-electron chi connectivity index (χ0n) is 12.1. The maximum Gasteiger partial charge on any atom is 0.251 e. The van der Waals surface area contributed by atoms with E-state index in [1.54, 1.807) is 18.2 Å². The van der Waals surface area contributed by atoms with Crippen LogP contribution in [0.2, 0.25) is 0 Å². The first kappa shape index (κ1) is 15.9. The molecule has 0 radical (unpaired) electrons. The number of hydrogen-bond acceptors (Lipinski definition) is 6. The number of rotatable bonds is 6. The average Bonchev–Trinajstić information content (AvgIpc) is 2.52. The Morgan fingerprint density at radius 3 is 2.55 bits per heavy atom. The normalized spacial score (nSPS) is 10.1. The lowest BCUT2D eigenvalue weighted by atomic mass is 10.2. The fourth-order valence-electron chi connectivity index (χ4n) is 1.64. The first-order valence-electron chi connectivity index (χ1n) is 6.32. The molecule has 2 rings (SSSR count). The molecule has 0 unspecified atom stereocenters. The van der Waals surface area contributed by atoms with Gasteiger partial charge in [-0.3, -0.25) is 9.59 Å². The van der Waals surface area contributed by atoms with Crippen LogP contribution in [0.1, 0.15) is 0 Å². The summed E-state index contributed by atoms with van der Waals surface area (Å²) in [5.74, 6) is 1.05. The predicted octanol–water partition coefficient (Wildman–Crippen LogP) is 1.52. The van der Waals surface area contributed by atoms with Crippen molar-refractivity contribution in [2.24, 2.45) is 0 Å². The zero-order valence-corrected chi connectivity index (χ0v) is 12.9. The van der Waals surface area contributed by atoms with Crippen molar-refractivity contribution in [2.45, 2.75) is 5.16 Å². The van der Waals surface area contributed by atoms with E-state index in [1.807, 2.05) is 0 Å². The summed E-state index contributed by atoms with van der Waals surface area (Å²) in [5, 5.41) is 3.13. The van der Waals surface area contributed by atoms with Gasteiger partial charge < -0.3 is 19.8 Å². The molecule has 0 aliphatic heterocycles. The van der Waals surface area contributed by atoms with Gasteiger partial charge in [0.15, 0.2) is 5.16 Å².